The van der Waals surface area contributed by atoms with Crippen LogP contribution >= 0.6 is 0 Å². The van der Waals surface area contributed by atoms with E-state index in [1.165, 1.54) is 18.2 Å². The second-order valence-electron chi connectivity index (χ2n) is 5.17. The van der Waals surface area contributed by atoms with Gasteiger partial charge in [-0.3, -0.25) is 4.79 Å². The highest BCUT2D eigenvalue weighted by Crippen LogP contribution is 2.26. The lowest BCUT2D eigenvalue weighted by Crippen LogP contribution is -2.00. The molecule has 0 radical (unpaired) electrons. The molecule has 0 spiro atoms. The van der Waals surface area contributed by atoms with E-state index in [0.717, 1.165) is 24.2 Å². The number of rotatable bonds is 2. The predicted molar refractivity (Wildman–Crippen MR) is 78.2 cm³/mol. The Balaban J connectivity index is 1.75. The van der Waals surface area contributed by atoms with Crippen LogP contribution in [0.3, 0.4) is 0 Å². The van der Waals surface area contributed by atoms with E-state index >= 15 is 0 Å². The highest BCUT2D eigenvalue weighted by atomic mass is 19.1. The van der Waals surface area contributed by atoms with E-state index in [1.807, 2.05) is 12.1 Å². The predicted octanol–water partition coefficient (Wildman–Crippen LogP) is 3.77. The van der Waals surface area contributed by atoms with Crippen LogP contribution in [0.5, 0.6) is 0 Å². The summed E-state index contributed by atoms with van der Waals surface area (Å²) in [7, 11) is 0. The van der Waals surface area contributed by atoms with Crippen LogP contribution in [0.4, 0.5) is 10.1 Å². The Hall–Kier alpha value is -2.62. The first-order valence-electron chi connectivity index (χ1n) is 6.81. The molecule has 4 rings (SSSR count). The molecule has 2 aromatic carbocycles. The number of nitrogens with one attached hydrogen (secondary N) is 1. The number of hydrogen-bond donors (Lipinski definition) is 1. The molecule has 0 fully saturated rings. The van der Waals surface area contributed by atoms with Gasteiger partial charge in [0.05, 0.1) is 0 Å². The molecule has 0 amide bonds. The van der Waals surface area contributed by atoms with Crippen LogP contribution < -0.4 is 5.32 Å². The highest BCUT2D eigenvalue weighted by Gasteiger charge is 2.18. The fraction of sp³-hybridized carbons (Fsp3) is 0.118. The molecule has 3 nitrogen and oxygen atoms in total. The molecule has 0 unspecified atom stereocenters. The second-order valence-corrected chi connectivity index (χ2v) is 5.17. The van der Waals surface area contributed by atoms with Gasteiger partial charge in [-0.05, 0) is 54.4 Å². The largest absolute Gasteiger partial charge is 0.453 e. The topological polar surface area (TPSA) is 42.2 Å². The monoisotopic (exact) mass is 281 g/mol. The van der Waals surface area contributed by atoms with Gasteiger partial charge in [0.1, 0.15) is 11.4 Å². The molecule has 0 atom stereocenters. The summed E-state index contributed by atoms with van der Waals surface area (Å²) >= 11 is 0. The zero-order chi connectivity index (χ0) is 14.4. The quantitative estimate of drug-likeness (QED) is 0.727. The number of halogens is 1. The van der Waals surface area contributed by atoms with Gasteiger partial charge in [0.15, 0.2) is 5.76 Å². The first-order valence-corrected chi connectivity index (χ1v) is 6.81. The number of fused-ring (bicyclic) bond motifs is 2. The van der Waals surface area contributed by atoms with E-state index < -0.39 is 0 Å². The fourth-order valence-electron chi connectivity index (χ4n) is 2.71. The molecule has 2 heterocycles. The van der Waals surface area contributed by atoms with Crippen LogP contribution in [0.25, 0.3) is 11.0 Å². The Kier molecular flexibility index (Phi) is 2.57. The lowest BCUT2D eigenvalue weighted by atomic mass is 10.0. The van der Waals surface area contributed by atoms with Gasteiger partial charge in [-0.25, -0.2) is 4.39 Å². The molecule has 1 N–H and O–H groups in total. The third-order valence-corrected chi connectivity index (χ3v) is 3.78. The van der Waals surface area contributed by atoms with Crippen LogP contribution in [-0.2, 0) is 6.42 Å². The smallest absolute Gasteiger partial charge is 0.228 e. The molecule has 104 valence electrons. The summed E-state index contributed by atoms with van der Waals surface area (Å²) in [5.41, 5.74) is 3.33. The maximum Gasteiger partial charge on any atom is 0.228 e. The Labute approximate surface area is 120 Å². The molecule has 1 aromatic heterocycles. The maximum atomic E-state index is 13.2. The lowest BCUT2D eigenvalue weighted by Gasteiger charge is -2.02. The Morgan fingerprint density at radius 3 is 2.95 bits per heavy atom. The van der Waals surface area contributed by atoms with Crippen molar-refractivity contribution in [2.24, 2.45) is 0 Å². The standard InChI is InChI=1S/C17H12FNO2/c18-13-2-4-15-12(8-13)9-16(21-15)17(20)11-1-3-14-10(7-11)5-6-19-14/h1-4,7-9,19H,5-6H2. The summed E-state index contributed by atoms with van der Waals surface area (Å²) in [4.78, 5) is 12.5. The van der Waals surface area contributed by atoms with E-state index in [1.54, 1.807) is 12.1 Å². The lowest BCUT2D eigenvalue weighted by molar-refractivity contribution is 0.101. The molecular formula is C17H12FNO2. The zero-order valence-corrected chi connectivity index (χ0v) is 11.2. The minimum Gasteiger partial charge on any atom is -0.453 e. The molecule has 1 aliphatic heterocycles. The van der Waals surface area contributed by atoms with Crippen molar-refractivity contribution in [3.8, 4) is 0 Å². The Morgan fingerprint density at radius 1 is 1.14 bits per heavy atom. The molecule has 0 aliphatic carbocycles. The Bertz CT molecular complexity index is 866. The van der Waals surface area contributed by atoms with Crippen LogP contribution in [0.15, 0.2) is 46.9 Å². The van der Waals surface area contributed by atoms with Gasteiger partial charge in [0.25, 0.3) is 0 Å². The third-order valence-electron chi connectivity index (χ3n) is 3.78. The van der Waals surface area contributed by atoms with Crippen LogP contribution in [0.1, 0.15) is 21.7 Å². The van der Waals surface area contributed by atoms with Crippen LogP contribution in [-0.4, -0.2) is 12.3 Å². The number of benzene rings is 2. The molecule has 1 aliphatic rings. The van der Waals surface area contributed by atoms with Crippen molar-refractivity contribution in [2.45, 2.75) is 6.42 Å². The minimum absolute atomic E-state index is 0.179. The molecule has 0 saturated heterocycles. The molecular weight excluding hydrogens is 269 g/mol. The van der Waals surface area contributed by atoms with E-state index in [2.05, 4.69) is 5.32 Å². The second kappa shape index (κ2) is 4.45. The van der Waals surface area contributed by atoms with Gasteiger partial charge < -0.3 is 9.73 Å². The number of hydrogen-bond acceptors (Lipinski definition) is 3. The number of carbonyl (C=O) groups is 1. The van der Waals surface area contributed by atoms with Gasteiger partial charge in [-0.2, -0.15) is 0 Å². The normalized spacial score (nSPS) is 13.2. The molecule has 3 aromatic rings. The van der Waals surface area contributed by atoms with Crippen molar-refractivity contribution in [3.05, 3.63) is 65.2 Å². The van der Waals surface area contributed by atoms with Gasteiger partial charge in [0, 0.05) is 23.2 Å². The van der Waals surface area contributed by atoms with Crippen molar-refractivity contribution >= 4 is 22.4 Å². The molecule has 0 bridgehead atoms. The molecule has 4 heteroatoms. The molecule has 0 saturated carbocycles. The van der Waals surface area contributed by atoms with Crippen molar-refractivity contribution in [1.29, 1.82) is 0 Å². The summed E-state index contributed by atoms with van der Waals surface area (Å²) in [6, 6.07) is 11.4. The van der Waals surface area contributed by atoms with Gasteiger partial charge in [-0.15, -0.1) is 0 Å². The average molecular weight is 281 g/mol. The summed E-state index contributed by atoms with van der Waals surface area (Å²) in [6.45, 7) is 0.900. The summed E-state index contributed by atoms with van der Waals surface area (Å²) in [5.74, 6) is -0.284. The first-order chi connectivity index (χ1) is 10.2. The van der Waals surface area contributed by atoms with Crippen molar-refractivity contribution in [3.63, 3.8) is 0 Å². The Morgan fingerprint density at radius 2 is 2.05 bits per heavy atom. The van der Waals surface area contributed by atoms with E-state index in [0.29, 0.717) is 16.5 Å². The fourth-order valence-corrected chi connectivity index (χ4v) is 2.71. The number of carbonyl (C=O) groups excluding carboxylic acids is 1. The number of furan rings is 1. The highest BCUT2D eigenvalue weighted by molar-refractivity contribution is 6.09. The van der Waals surface area contributed by atoms with E-state index in [9.17, 15) is 9.18 Å². The first kappa shape index (κ1) is 12.1. The van der Waals surface area contributed by atoms with Gasteiger partial charge >= 0.3 is 0 Å². The summed E-state index contributed by atoms with van der Waals surface area (Å²) < 4.78 is 18.7. The van der Waals surface area contributed by atoms with E-state index in [-0.39, 0.29) is 17.4 Å². The third kappa shape index (κ3) is 2.00. The average Bonchev–Trinajstić information content (AvgIpc) is 3.11. The summed E-state index contributed by atoms with van der Waals surface area (Å²) in [5, 5.41) is 3.86. The van der Waals surface area contributed by atoms with Crippen LogP contribution in [0.2, 0.25) is 0 Å². The zero-order valence-electron chi connectivity index (χ0n) is 11.2. The van der Waals surface area contributed by atoms with Crippen molar-refractivity contribution in [1.82, 2.24) is 0 Å². The van der Waals surface area contributed by atoms with E-state index in [4.69, 9.17) is 4.42 Å². The maximum absolute atomic E-state index is 13.2. The van der Waals surface area contributed by atoms with Gasteiger partial charge in [-0.1, -0.05) is 0 Å². The SMILES string of the molecule is O=C(c1ccc2c(c1)CCN2)c1cc2cc(F)ccc2o1. The minimum atomic E-state index is -0.342. The van der Waals surface area contributed by atoms with Crippen molar-refractivity contribution in [2.75, 3.05) is 11.9 Å². The van der Waals surface area contributed by atoms with Gasteiger partial charge in [0.2, 0.25) is 5.78 Å². The molecule has 21 heavy (non-hydrogen) atoms. The van der Waals surface area contributed by atoms with Crippen molar-refractivity contribution < 1.29 is 13.6 Å². The number of ketones is 1. The number of anilines is 1. The summed E-state index contributed by atoms with van der Waals surface area (Å²) in [6.07, 6.45) is 0.918. The van der Waals surface area contributed by atoms with Crippen LogP contribution in [0, 0.1) is 5.82 Å².